The van der Waals surface area contributed by atoms with Crippen molar-refractivity contribution in [2.75, 3.05) is 6.61 Å². The highest BCUT2D eigenvalue weighted by molar-refractivity contribution is 6.62. The van der Waals surface area contributed by atoms with Gasteiger partial charge in [0.2, 0.25) is 0 Å². The predicted molar refractivity (Wildman–Crippen MR) is 118 cm³/mol. The van der Waals surface area contributed by atoms with Crippen LogP contribution in [0.3, 0.4) is 0 Å². The summed E-state index contributed by atoms with van der Waals surface area (Å²) in [4.78, 5) is 27.0. The zero-order valence-electron chi connectivity index (χ0n) is 19.9. The van der Waals surface area contributed by atoms with Gasteiger partial charge in [0.05, 0.1) is 24.4 Å². The van der Waals surface area contributed by atoms with Gasteiger partial charge < -0.3 is 18.8 Å². The Morgan fingerprint density at radius 3 is 2.29 bits per heavy atom. The van der Waals surface area contributed by atoms with Crippen molar-refractivity contribution in [1.29, 1.82) is 0 Å². The Bertz CT molecular complexity index is 844. The minimum Gasteiger partial charge on any atom is -0.464 e. The summed E-state index contributed by atoms with van der Waals surface area (Å²) in [6.07, 6.45) is -0.174. The number of fused-ring (bicyclic) bond motifs is 1. The highest BCUT2D eigenvalue weighted by Crippen LogP contribution is 2.37. The topological polar surface area (TPSA) is 74.3 Å². The molecule has 0 spiro atoms. The van der Waals surface area contributed by atoms with Gasteiger partial charge in [0, 0.05) is 6.42 Å². The molecule has 1 amide bonds. The Balaban J connectivity index is 1.89. The number of esters is 1. The second kappa shape index (κ2) is 8.13. The summed E-state index contributed by atoms with van der Waals surface area (Å²) in [7, 11) is -0.486. The zero-order valence-corrected chi connectivity index (χ0v) is 19.9. The largest absolute Gasteiger partial charge is 0.494 e. The molecule has 1 aromatic carbocycles. The van der Waals surface area contributed by atoms with E-state index in [-0.39, 0.29) is 13.2 Å². The average Bonchev–Trinajstić information content (AvgIpc) is 2.86. The van der Waals surface area contributed by atoms with E-state index in [9.17, 15) is 9.59 Å². The van der Waals surface area contributed by atoms with Gasteiger partial charge >= 0.3 is 19.2 Å². The molecule has 31 heavy (non-hydrogen) atoms. The van der Waals surface area contributed by atoms with Crippen molar-refractivity contribution in [3.8, 4) is 0 Å². The SMILES string of the molecule is CCOC(=O)C1Cc2cc(B3OC(C)(C)C(C)(C)O3)ccc2CN1C(=O)OC(C)(C)C. The third-order valence-corrected chi connectivity index (χ3v) is 6.07. The van der Waals surface area contributed by atoms with E-state index in [4.69, 9.17) is 18.8 Å². The molecule has 0 aromatic heterocycles. The standard InChI is InChI=1S/C23H34BNO6/c1-9-28-19(26)18-13-16-12-17(24-30-22(5,6)23(7,8)31-24)11-10-15(16)14-25(18)20(27)29-21(2,3)4/h10-12,18H,9,13-14H2,1-8H3. The summed E-state index contributed by atoms with van der Waals surface area (Å²) in [5, 5.41) is 0. The van der Waals surface area contributed by atoms with E-state index in [1.165, 1.54) is 4.90 Å². The van der Waals surface area contributed by atoms with E-state index in [1.54, 1.807) is 27.7 Å². The van der Waals surface area contributed by atoms with E-state index in [0.29, 0.717) is 6.42 Å². The Hall–Kier alpha value is -2.06. The molecular weight excluding hydrogens is 397 g/mol. The number of ether oxygens (including phenoxy) is 2. The van der Waals surface area contributed by atoms with Crippen molar-refractivity contribution >= 4 is 24.6 Å². The molecule has 1 atom stereocenters. The second-order valence-corrected chi connectivity index (χ2v) is 10.2. The van der Waals surface area contributed by atoms with Crippen molar-refractivity contribution in [3.63, 3.8) is 0 Å². The number of hydrogen-bond acceptors (Lipinski definition) is 6. The Morgan fingerprint density at radius 2 is 1.74 bits per heavy atom. The van der Waals surface area contributed by atoms with Crippen molar-refractivity contribution in [2.45, 2.75) is 91.2 Å². The highest BCUT2D eigenvalue weighted by Gasteiger charge is 2.52. The number of hydrogen-bond donors (Lipinski definition) is 0. The first-order valence-corrected chi connectivity index (χ1v) is 10.9. The number of benzene rings is 1. The summed E-state index contributed by atoms with van der Waals surface area (Å²) < 4.78 is 23.1. The van der Waals surface area contributed by atoms with E-state index < -0.39 is 42.0 Å². The molecule has 2 aliphatic rings. The Labute approximate surface area is 185 Å². The Kier molecular flexibility index (Phi) is 6.19. The summed E-state index contributed by atoms with van der Waals surface area (Å²) in [6.45, 7) is 15.7. The van der Waals surface area contributed by atoms with Crippen LogP contribution in [0.1, 0.15) is 66.5 Å². The Morgan fingerprint density at radius 1 is 1.13 bits per heavy atom. The number of carbonyl (C=O) groups is 2. The molecule has 0 bridgehead atoms. The smallest absolute Gasteiger partial charge is 0.464 e. The van der Waals surface area contributed by atoms with Gasteiger partial charge in [0.25, 0.3) is 0 Å². The summed E-state index contributed by atoms with van der Waals surface area (Å²) in [5.74, 6) is -0.431. The van der Waals surface area contributed by atoms with E-state index in [1.807, 2.05) is 45.9 Å². The molecular formula is C23H34BNO6. The van der Waals surface area contributed by atoms with Crippen molar-refractivity contribution in [2.24, 2.45) is 0 Å². The zero-order chi connectivity index (χ0) is 23.2. The molecule has 0 aliphatic carbocycles. The lowest BCUT2D eigenvalue weighted by molar-refractivity contribution is -0.150. The fourth-order valence-electron chi connectivity index (χ4n) is 3.69. The van der Waals surface area contributed by atoms with Gasteiger partial charge in [-0.25, -0.2) is 9.59 Å². The van der Waals surface area contributed by atoms with Crippen LogP contribution in [0.25, 0.3) is 0 Å². The van der Waals surface area contributed by atoms with Gasteiger partial charge in [-0.1, -0.05) is 18.2 Å². The number of rotatable bonds is 3. The fourth-order valence-corrected chi connectivity index (χ4v) is 3.69. The first-order valence-electron chi connectivity index (χ1n) is 10.9. The highest BCUT2D eigenvalue weighted by atomic mass is 16.7. The second-order valence-electron chi connectivity index (χ2n) is 10.2. The summed E-state index contributed by atoms with van der Waals surface area (Å²) in [6, 6.07) is 5.19. The lowest BCUT2D eigenvalue weighted by atomic mass is 9.76. The van der Waals surface area contributed by atoms with Crippen LogP contribution in [0.15, 0.2) is 18.2 Å². The molecule has 7 nitrogen and oxygen atoms in total. The van der Waals surface area contributed by atoms with Gasteiger partial charge in [0.1, 0.15) is 11.6 Å². The monoisotopic (exact) mass is 431 g/mol. The number of amides is 1. The van der Waals surface area contributed by atoms with Crippen LogP contribution in [0.5, 0.6) is 0 Å². The lowest BCUT2D eigenvalue weighted by Gasteiger charge is -2.36. The van der Waals surface area contributed by atoms with Crippen molar-refractivity contribution < 1.29 is 28.4 Å². The maximum Gasteiger partial charge on any atom is 0.494 e. The number of nitrogens with zero attached hydrogens (tertiary/aromatic N) is 1. The maximum atomic E-state index is 12.8. The minimum atomic E-state index is -0.740. The molecule has 1 fully saturated rings. The first kappa shape index (κ1) is 23.6. The lowest BCUT2D eigenvalue weighted by Crippen LogP contribution is -2.51. The van der Waals surface area contributed by atoms with Crippen LogP contribution in [0.4, 0.5) is 4.79 Å². The average molecular weight is 431 g/mol. The molecule has 8 heteroatoms. The van der Waals surface area contributed by atoms with E-state index in [0.717, 1.165) is 16.6 Å². The number of carbonyl (C=O) groups excluding carboxylic acids is 2. The van der Waals surface area contributed by atoms with E-state index in [2.05, 4.69) is 0 Å². The molecule has 170 valence electrons. The van der Waals surface area contributed by atoms with Crippen LogP contribution < -0.4 is 5.46 Å². The molecule has 0 radical (unpaired) electrons. The molecule has 3 rings (SSSR count). The van der Waals surface area contributed by atoms with Crippen LogP contribution in [0.2, 0.25) is 0 Å². The van der Waals surface area contributed by atoms with Gasteiger partial charge in [-0.2, -0.15) is 0 Å². The third kappa shape index (κ3) is 4.90. The molecule has 1 saturated heterocycles. The van der Waals surface area contributed by atoms with Gasteiger partial charge in [0.15, 0.2) is 0 Å². The molecule has 0 N–H and O–H groups in total. The van der Waals surface area contributed by atoms with Gasteiger partial charge in [-0.15, -0.1) is 0 Å². The van der Waals surface area contributed by atoms with Gasteiger partial charge in [-0.3, -0.25) is 4.90 Å². The summed E-state index contributed by atoms with van der Waals surface area (Å²) >= 11 is 0. The van der Waals surface area contributed by atoms with Crippen LogP contribution in [-0.4, -0.2) is 53.5 Å². The normalized spacial score (nSPS) is 22.1. The van der Waals surface area contributed by atoms with Crippen LogP contribution >= 0.6 is 0 Å². The minimum absolute atomic E-state index is 0.248. The van der Waals surface area contributed by atoms with Crippen LogP contribution in [0, 0.1) is 0 Å². The third-order valence-electron chi connectivity index (χ3n) is 6.07. The molecule has 0 saturated carbocycles. The van der Waals surface area contributed by atoms with Gasteiger partial charge in [-0.05, 0) is 72.0 Å². The van der Waals surface area contributed by atoms with Crippen molar-refractivity contribution in [1.82, 2.24) is 4.90 Å². The molecule has 1 unspecified atom stereocenters. The van der Waals surface area contributed by atoms with Crippen LogP contribution in [-0.2, 0) is 36.5 Å². The molecule has 2 heterocycles. The summed E-state index contributed by atoms with van der Waals surface area (Å²) in [5.41, 5.74) is 1.31. The predicted octanol–water partition coefficient (Wildman–Crippen LogP) is 3.21. The fraction of sp³-hybridized carbons (Fsp3) is 0.652. The molecule has 2 aliphatic heterocycles. The van der Waals surface area contributed by atoms with E-state index >= 15 is 0 Å². The maximum absolute atomic E-state index is 12.8. The first-order chi connectivity index (χ1) is 14.2. The molecule has 1 aromatic rings. The van der Waals surface area contributed by atoms with Crippen molar-refractivity contribution in [3.05, 3.63) is 29.3 Å². The quantitative estimate of drug-likeness (QED) is 0.541.